The van der Waals surface area contributed by atoms with Crippen molar-refractivity contribution in [3.05, 3.63) is 30.1 Å². The van der Waals surface area contributed by atoms with Crippen LogP contribution >= 0.6 is 0 Å². The van der Waals surface area contributed by atoms with Gasteiger partial charge in [-0.2, -0.15) is 0 Å². The van der Waals surface area contributed by atoms with Gasteiger partial charge in [0, 0.05) is 24.8 Å². The molecule has 0 saturated carbocycles. The van der Waals surface area contributed by atoms with Crippen molar-refractivity contribution in [3.8, 4) is 0 Å². The molecule has 1 heterocycles. The van der Waals surface area contributed by atoms with Gasteiger partial charge >= 0.3 is 12.1 Å². The molecule has 1 aliphatic rings. The Morgan fingerprint density at radius 1 is 1.17 bits per heavy atom. The number of piperidine rings is 1. The summed E-state index contributed by atoms with van der Waals surface area (Å²) in [5.41, 5.74) is 0.0152. The number of rotatable bonds is 2. The molecule has 1 saturated heterocycles. The van der Waals surface area contributed by atoms with Crippen LogP contribution in [0.15, 0.2) is 24.3 Å². The van der Waals surface area contributed by atoms with E-state index in [2.05, 4.69) is 10.6 Å². The van der Waals surface area contributed by atoms with Crippen molar-refractivity contribution in [2.24, 2.45) is 0 Å². The maximum absolute atomic E-state index is 12.8. The molecule has 132 valence electrons. The minimum Gasteiger partial charge on any atom is -0.444 e. The number of likely N-dealkylation sites (tertiary alicyclic amines) is 1. The van der Waals surface area contributed by atoms with Crippen LogP contribution in [0, 0.1) is 5.82 Å². The summed E-state index contributed by atoms with van der Waals surface area (Å²) in [5.74, 6) is -0.351. The average molecular weight is 337 g/mol. The van der Waals surface area contributed by atoms with Crippen LogP contribution in [0.4, 0.5) is 19.7 Å². The average Bonchev–Trinajstić information content (AvgIpc) is 2.48. The second-order valence-corrected chi connectivity index (χ2v) is 6.85. The molecule has 7 heteroatoms. The highest BCUT2D eigenvalue weighted by Gasteiger charge is 2.27. The summed E-state index contributed by atoms with van der Waals surface area (Å²) in [6.45, 7) is 6.57. The van der Waals surface area contributed by atoms with Crippen molar-refractivity contribution < 1.29 is 18.7 Å². The van der Waals surface area contributed by atoms with Gasteiger partial charge in [0.2, 0.25) is 0 Å². The van der Waals surface area contributed by atoms with Crippen LogP contribution in [0.3, 0.4) is 0 Å². The SMILES string of the molecule is CC(C)(C)OC(=O)N1CCC(NC(=O)Nc2ccc(F)cc2)CC1. The van der Waals surface area contributed by atoms with Crippen molar-refractivity contribution in [2.75, 3.05) is 18.4 Å². The van der Waals surface area contributed by atoms with Gasteiger partial charge in [-0.25, -0.2) is 14.0 Å². The maximum atomic E-state index is 12.8. The molecule has 0 atom stereocenters. The Morgan fingerprint density at radius 3 is 2.29 bits per heavy atom. The second-order valence-electron chi connectivity index (χ2n) is 6.85. The van der Waals surface area contributed by atoms with E-state index in [1.54, 1.807) is 4.90 Å². The van der Waals surface area contributed by atoms with E-state index in [-0.39, 0.29) is 24.0 Å². The fraction of sp³-hybridized carbons (Fsp3) is 0.529. The van der Waals surface area contributed by atoms with Crippen LogP contribution in [0.1, 0.15) is 33.6 Å². The zero-order valence-electron chi connectivity index (χ0n) is 14.3. The lowest BCUT2D eigenvalue weighted by Gasteiger charge is -2.33. The molecule has 0 aliphatic carbocycles. The summed E-state index contributed by atoms with van der Waals surface area (Å²) < 4.78 is 18.2. The number of hydrogen-bond donors (Lipinski definition) is 2. The molecule has 0 unspecified atom stereocenters. The predicted molar refractivity (Wildman–Crippen MR) is 89.4 cm³/mol. The van der Waals surface area contributed by atoms with Gasteiger partial charge in [-0.15, -0.1) is 0 Å². The lowest BCUT2D eigenvalue weighted by molar-refractivity contribution is 0.0202. The fourth-order valence-corrected chi connectivity index (χ4v) is 2.42. The fourth-order valence-electron chi connectivity index (χ4n) is 2.42. The smallest absolute Gasteiger partial charge is 0.410 e. The number of urea groups is 1. The van der Waals surface area contributed by atoms with Gasteiger partial charge in [0.25, 0.3) is 0 Å². The van der Waals surface area contributed by atoms with E-state index in [0.29, 0.717) is 31.6 Å². The third-order valence-electron chi connectivity index (χ3n) is 3.58. The highest BCUT2D eigenvalue weighted by atomic mass is 19.1. The number of anilines is 1. The molecular formula is C17H24FN3O3. The van der Waals surface area contributed by atoms with Crippen LogP contribution in [0.25, 0.3) is 0 Å². The Balaban J connectivity index is 1.75. The molecule has 0 bridgehead atoms. The number of hydrogen-bond acceptors (Lipinski definition) is 3. The normalized spacial score (nSPS) is 15.8. The molecule has 6 nitrogen and oxygen atoms in total. The standard InChI is InChI=1S/C17H24FN3O3/c1-17(2,3)24-16(23)21-10-8-14(9-11-21)20-15(22)19-13-6-4-12(18)5-7-13/h4-7,14H,8-11H2,1-3H3,(H2,19,20,22). The minimum absolute atomic E-state index is 0.0101. The van der Waals surface area contributed by atoms with Gasteiger partial charge in [-0.3, -0.25) is 0 Å². The minimum atomic E-state index is -0.513. The van der Waals surface area contributed by atoms with Crippen molar-refractivity contribution in [1.29, 1.82) is 0 Å². The zero-order valence-corrected chi connectivity index (χ0v) is 14.3. The van der Waals surface area contributed by atoms with Crippen molar-refractivity contribution in [3.63, 3.8) is 0 Å². The first-order chi connectivity index (χ1) is 11.2. The molecule has 1 fully saturated rings. The number of nitrogens with zero attached hydrogens (tertiary/aromatic N) is 1. The maximum Gasteiger partial charge on any atom is 0.410 e. The van der Waals surface area contributed by atoms with Gasteiger partial charge < -0.3 is 20.3 Å². The number of amides is 3. The van der Waals surface area contributed by atoms with E-state index in [0.717, 1.165) is 0 Å². The summed E-state index contributed by atoms with van der Waals surface area (Å²) in [5, 5.41) is 5.53. The summed E-state index contributed by atoms with van der Waals surface area (Å²) in [6, 6.07) is 5.23. The second kappa shape index (κ2) is 7.51. The Labute approximate surface area is 141 Å². The van der Waals surface area contributed by atoms with E-state index in [1.165, 1.54) is 24.3 Å². The molecule has 2 rings (SSSR count). The molecule has 2 N–H and O–H groups in total. The molecular weight excluding hydrogens is 313 g/mol. The van der Waals surface area contributed by atoms with Crippen LogP contribution in [-0.2, 0) is 4.74 Å². The number of carbonyl (C=O) groups is 2. The summed E-state index contributed by atoms with van der Waals surface area (Å²) >= 11 is 0. The number of benzene rings is 1. The van der Waals surface area contributed by atoms with Crippen LogP contribution in [-0.4, -0.2) is 41.8 Å². The van der Waals surface area contributed by atoms with Gasteiger partial charge in [-0.05, 0) is 57.9 Å². The molecule has 0 spiro atoms. The first-order valence-corrected chi connectivity index (χ1v) is 8.04. The number of carbonyl (C=O) groups excluding carboxylic acids is 2. The van der Waals surface area contributed by atoms with Crippen molar-refractivity contribution in [1.82, 2.24) is 10.2 Å². The topological polar surface area (TPSA) is 70.7 Å². The molecule has 1 aliphatic heterocycles. The molecule has 0 aromatic heterocycles. The largest absolute Gasteiger partial charge is 0.444 e. The first kappa shape index (κ1) is 18.0. The van der Waals surface area contributed by atoms with Gasteiger partial charge in [0.05, 0.1) is 0 Å². The Bertz CT molecular complexity index is 576. The number of halogens is 1. The van der Waals surface area contributed by atoms with E-state index in [4.69, 9.17) is 4.74 Å². The summed E-state index contributed by atoms with van der Waals surface area (Å²) in [6.07, 6.45) is 1.00. The van der Waals surface area contributed by atoms with Crippen LogP contribution < -0.4 is 10.6 Å². The highest BCUT2D eigenvalue weighted by molar-refractivity contribution is 5.89. The molecule has 1 aromatic carbocycles. The number of ether oxygens (including phenoxy) is 1. The Kier molecular flexibility index (Phi) is 5.64. The summed E-state index contributed by atoms with van der Waals surface area (Å²) in [4.78, 5) is 25.6. The first-order valence-electron chi connectivity index (χ1n) is 8.04. The number of nitrogens with one attached hydrogen (secondary N) is 2. The van der Waals surface area contributed by atoms with E-state index in [1.807, 2.05) is 20.8 Å². The Hall–Kier alpha value is -2.31. The molecule has 1 aromatic rings. The van der Waals surface area contributed by atoms with Crippen molar-refractivity contribution >= 4 is 17.8 Å². The van der Waals surface area contributed by atoms with Gasteiger partial charge in [0.1, 0.15) is 11.4 Å². The zero-order chi connectivity index (χ0) is 17.7. The lowest BCUT2D eigenvalue weighted by atomic mass is 10.1. The summed E-state index contributed by atoms with van der Waals surface area (Å²) in [7, 11) is 0. The van der Waals surface area contributed by atoms with Crippen LogP contribution in [0.5, 0.6) is 0 Å². The van der Waals surface area contributed by atoms with Gasteiger partial charge in [0.15, 0.2) is 0 Å². The molecule has 3 amide bonds. The highest BCUT2D eigenvalue weighted by Crippen LogP contribution is 2.16. The quantitative estimate of drug-likeness (QED) is 0.869. The van der Waals surface area contributed by atoms with Gasteiger partial charge in [-0.1, -0.05) is 0 Å². The third kappa shape index (κ3) is 5.72. The van der Waals surface area contributed by atoms with Crippen LogP contribution in [0.2, 0.25) is 0 Å². The Morgan fingerprint density at radius 2 is 1.75 bits per heavy atom. The monoisotopic (exact) mass is 337 g/mol. The third-order valence-corrected chi connectivity index (χ3v) is 3.58. The van der Waals surface area contributed by atoms with E-state index >= 15 is 0 Å². The van der Waals surface area contributed by atoms with Crippen molar-refractivity contribution in [2.45, 2.75) is 45.3 Å². The molecule has 0 radical (unpaired) electrons. The molecule has 24 heavy (non-hydrogen) atoms. The van der Waals surface area contributed by atoms with E-state index < -0.39 is 5.60 Å². The van der Waals surface area contributed by atoms with E-state index in [9.17, 15) is 14.0 Å². The lowest BCUT2D eigenvalue weighted by Crippen LogP contribution is -2.48. The predicted octanol–water partition coefficient (Wildman–Crippen LogP) is 3.35.